The summed E-state index contributed by atoms with van der Waals surface area (Å²) < 4.78 is 34.0. The highest BCUT2D eigenvalue weighted by Gasteiger charge is 2.41. The number of benzene rings is 2. The Morgan fingerprint density at radius 3 is 2.17 bits per heavy atom. The Balaban J connectivity index is 1.59. The van der Waals surface area contributed by atoms with Crippen LogP contribution in [0.5, 0.6) is 5.75 Å². The van der Waals surface area contributed by atoms with Gasteiger partial charge in [0.05, 0.1) is 16.8 Å². The van der Waals surface area contributed by atoms with Crippen molar-refractivity contribution in [1.82, 2.24) is 4.90 Å². The zero-order chi connectivity index (χ0) is 21.8. The second-order valence-electron chi connectivity index (χ2n) is 6.23. The van der Waals surface area contributed by atoms with Gasteiger partial charge < -0.3 is 14.8 Å². The van der Waals surface area contributed by atoms with E-state index < -0.39 is 43.0 Å². The van der Waals surface area contributed by atoms with Crippen LogP contribution in [0.2, 0.25) is 0 Å². The zero-order valence-electron chi connectivity index (χ0n) is 15.6. The molecule has 0 spiro atoms. The molecule has 2 aromatic carbocycles. The largest absolute Gasteiger partial charge is 0.454 e. The lowest BCUT2D eigenvalue weighted by Crippen LogP contribution is -2.44. The summed E-state index contributed by atoms with van der Waals surface area (Å²) in [6, 6.07) is 10.4. The number of alkyl halides is 2. The molecule has 1 atom stereocenters. The van der Waals surface area contributed by atoms with Crippen LogP contribution in [0.15, 0.2) is 48.5 Å². The number of hydrogen-bond acceptors (Lipinski definition) is 6. The van der Waals surface area contributed by atoms with Gasteiger partial charge in [-0.25, -0.2) is 4.79 Å². The van der Waals surface area contributed by atoms with Crippen molar-refractivity contribution in [3.8, 4) is 5.75 Å². The van der Waals surface area contributed by atoms with Gasteiger partial charge in [0.15, 0.2) is 6.61 Å². The van der Waals surface area contributed by atoms with Crippen LogP contribution in [0.1, 0.15) is 27.6 Å². The molecular weight excluding hydrogens is 402 g/mol. The molecule has 0 aromatic heterocycles. The monoisotopic (exact) mass is 418 g/mol. The van der Waals surface area contributed by atoms with Gasteiger partial charge in [-0.2, -0.15) is 8.78 Å². The SMILES string of the molecule is C[C@@H](C(=O)OCC(=O)Nc1ccccc1OC(F)F)N1C(=O)c2ccccc2C1=O. The highest BCUT2D eigenvalue weighted by molar-refractivity contribution is 6.22. The van der Waals surface area contributed by atoms with Gasteiger partial charge in [0.25, 0.3) is 17.7 Å². The van der Waals surface area contributed by atoms with E-state index in [4.69, 9.17) is 4.74 Å². The summed E-state index contributed by atoms with van der Waals surface area (Å²) in [7, 11) is 0. The molecule has 3 amide bonds. The maximum atomic E-state index is 12.4. The molecule has 1 heterocycles. The van der Waals surface area contributed by atoms with Crippen LogP contribution in [-0.4, -0.2) is 47.9 Å². The first-order chi connectivity index (χ1) is 14.3. The van der Waals surface area contributed by atoms with Crippen molar-refractivity contribution in [3.05, 3.63) is 59.7 Å². The highest BCUT2D eigenvalue weighted by Crippen LogP contribution is 2.26. The van der Waals surface area contributed by atoms with E-state index in [1.165, 1.54) is 43.3 Å². The molecule has 0 aliphatic carbocycles. The predicted molar refractivity (Wildman–Crippen MR) is 99.1 cm³/mol. The molecule has 2 aromatic rings. The second kappa shape index (κ2) is 8.68. The Kier molecular flexibility index (Phi) is 6.05. The Labute approximate surface area is 169 Å². The van der Waals surface area contributed by atoms with Crippen molar-refractivity contribution < 1.29 is 37.4 Å². The maximum Gasteiger partial charge on any atom is 0.387 e. The number of hydrogen-bond donors (Lipinski definition) is 1. The minimum Gasteiger partial charge on any atom is -0.454 e. The van der Waals surface area contributed by atoms with Gasteiger partial charge in [-0.3, -0.25) is 19.3 Å². The van der Waals surface area contributed by atoms with E-state index in [0.717, 1.165) is 4.90 Å². The maximum absolute atomic E-state index is 12.4. The summed E-state index contributed by atoms with van der Waals surface area (Å²) in [5.41, 5.74) is 0.318. The van der Waals surface area contributed by atoms with E-state index in [0.29, 0.717) is 0 Å². The molecule has 1 aliphatic rings. The van der Waals surface area contributed by atoms with Crippen LogP contribution >= 0.6 is 0 Å². The number of amides is 3. The van der Waals surface area contributed by atoms with Gasteiger partial charge in [-0.05, 0) is 31.2 Å². The third-order valence-corrected chi connectivity index (χ3v) is 4.28. The molecule has 0 saturated heterocycles. The third-order valence-electron chi connectivity index (χ3n) is 4.28. The van der Waals surface area contributed by atoms with Gasteiger partial charge in [-0.15, -0.1) is 0 Å². The number of anilines is 1. The van der Waals surface area contributed by atoms with Crippen molar-refractivity contribution >= 4 is 29.4 Å². The Morgan fingerprint density at radius 1 is 1.00 bits per heavy atom. The normalized spacial score (nSPS) is 13.8. The summed E-state index contributed by atoms with van der Waals surface area (Å²) in [6.45, 7) is -2.54. The van der Waals surface area contributed by atoms with Crippen LogP contribution in [0.4, 0.5) is 14.5 Å². The van der Waals surface area contributed by atoms with E-state index in [1.807, 2.05) is 0 Å². The number of carbonyl (C=O) groups is 4. The van der Waals surface area contributed by atoms with Crippen LogP contribution < -0.4 is 10.1 Å². The number of ether oxygens (including phenoxy) is 2. The molecule has 0 unspecified atom stereocenters. The molecule has 10 heteroatoms. The Bertz CT molecular complexity index is 975. The lowest BCUT2D eigenvalue weighted by Gasteiger charge is -2.20. The number of carbonyl (C=O) groups excluding carboxylic acids is 4. The smallest absolute Gasteiger partial charge is 0.387 e. The first kappa shape index (κ1) is 20.9. The molecule has 0 bridgehead atoms. The quantitative estimate of drug-likeness (QED) is 0.548. The summed E-state index contributed by atoms with van der Waals surface area (Å²) >= 11 is 0. The number of nitrogens with one attached hydrogen (secondary N) is 1. The average molecular weight is 418 g/mol. The van der Waals surface area contributed by atoms with Crippen LogP contribution in [0.3, 0.4) is 0 Å². The molecule has 30 heavy (non-hydrogen) atoms. The van der Waals surface area contributed by atoms with E-state index in [2.05, 4.69) is 10.1 Å². The molecule has 1 N–H and O–H groups in total. The first-order valence-corrected chi connectivity index (χ1v) is 8.77. The van der Waals surface area contributed by atoms with Gasteiger partial charge in [0, 0.05) is 0 Å². The van der Waals surface area contributed by atoms with Crippen molar-refractivity contribution in [2.45, 2.75) is 19.6 Å². The number of para-hydroxylation sites is 2. The topological polar surface area (TPSA) is 102 Å². The Morgan fingerprint density at radius 2 is 1.57 bits per heavy atom. The molecule has 156 valence electrons. The summed E-state index contributed by atoms with van der Waals surface area (Å²) in [5.74, 6) is -3.32. The standard InChI is InChI=1S/C20H16F2N2O6/c1-11(24-17(26)12-6-2-3-7-13(12)18(24)27)19(28)29-10-16(25)23-14-8-4-5-9-15(14)30-20(21)22/h2-9,11,20H,10H2,1H3,(H,23,25)/t11-/m0/s1. The second-order valence-corrected chi connectivity index (χ2v) is 6.23. The molecule has 0 saturated carbocycles. The lowest BCUT2D eigenvalue weighted by molar-refractivity contribution is -0.150. The fraction of sp³-hybridized carbons (Fsp3) is 0.200. The number of fused-ring (bicyclic) bond motifs is 1. The number of nitrogens with zero attached hydrogens (tertiary/aromatic N) is 1. The van der Waals surface area contributed by atoms with Crippen molar-refractivity contribution in [1.29, 1.82) is 0 Å². The van der Waals surface area contributed by atoms with Gasteiger partial charge >= 0.3 is 12.6 Å². The van der Waals surface area contributed by atoms with E-state index in [9.17, 15) is 28.0 Å². The first-order valence-electron chi connectivity index (χ1n) is 8.77. The predicted octanol–water partition coefficient (Wildman–Crippen LogP) is 2.45. The van der Waals surface area contributed by atoms with Gasteiger partial charge in [0.2, 0.25) is 0 Å². The zero-order valence-corrected chi connectivity index (χ0v) is 15.6. The van der Waals surface area contributed by atoms with Crippen LogP contribution in [-0.2, 0) is 14.3 Å². The fourth-order valence-electron chi connectivity index (χ4n) is 2.88. The van der Waals surface area contributed by atoms with E-state index in [-0.39, 0.29) is 22.6 Å². The van der Waals surface area contributed by atoms with Crippen molar-refractivity contribution in [2.75, 3.05) is 11.9 Å². The van der Waals surface area contributed by atoms with Crippen molar-refractivity contribution in [2.24, 2.45) is 0 Å². The lowest BCUT2D eigenvalue weighted by atomic mass is 10.1. The molecule has 0 radical (unpaired) electrons. The van der Waals surface area contributed by atoms with Crippen LogP contribution in [0.25, 0.3) is 0 Å². The molecule has 8 nitrogen and oxygen atoms in total. The molecular formula is C20H16F2N2O6. The fourth-order valence-corrected chi connectivity index (χ4v) is 2.88. The van der Waals surface area contributed by atoms with E-state index >= 15 is 0 Å². The molecule has 1 aliphatic heterocycles. The van der Waals surface area contributed by atoms with Crippen molar-refractivity contribution in [3.63, 3.8) is 0 Å². The highest BCUT2D eigenvalue weighted by atomic mass is 19.3. The number of esters is 1. The van der Waals surface area contributed by atoms with Gasteiger partial charge in [0.1, 0.15) is 11.8 Å². The average Bonchev–Trinajstić information content (AvgIpc) is 2.97. The molecule has 0 fully saturated rings. The number of imide groups is 1. The van der Waals surface area contributed by atoms with Gasteiger partial charge in [-0.1, -0.05) is 24.3 Å². The number of halogens is 2. The minimum absolute atomic E-state index is 0.0350. The minimum atomic E-state index is -3.08. The Hall–Kier alpha value is -3.82. The number of rotatable bonds is 7. The molecule has 3 rings (SSSR count). The van der Waals surface area contributed by atoms with Crippen LogP contribution in [0, 0.1) is 0 Å². The summed E-state index contributed by atoms with van der Waals surface area (Å²) in [5, 5.41) is 2.29. The summed E-state index contributed by atoms with van der Waals surface area (Å²) in [4.78, 5) is 49.9. The van der Waals surface area contributed by atoms with E-state index in [1.54, 1.807) is 12.1 Å². The third kappa shape index (κ3) is 4.27. The summed E-state index contributed by atoms with van der Waals surface area (Å²) in [6.07, 6.45) is 0.